The maximum absolute atomic E-state index is 11.9. The molecule has 9 heteroatoms. The summed E-state index contributed by atoms with van der Waals surface area (Å²) >= 11 is 0. The second-order valence-corrected chi connectivity index (χ2v) is 14.8. The van der Waals surface area contributed by atoms with Gasteiger partial charge in [0.1, 0.15) is 11.2 Å². The van der Waals surface area contributed by atoms with Crippen LogP contribution in [0.15, 0.2) is 138 Å². The molecule has 11 rings (SSSR count). The monoisotopic (exact) mass is 774 g/mol. The molecular weight excluding hydrogens is 745 g/mol. The Hall–Kier alpha value is -8.30. The number of phenols is 8. The number of aromatic hydroxyl groups is 8. The third-order valence-electron chi connectivity index (χ3n) is 11.7. The number of rotatable bonds is 3. The van der Waals surface area contributed by atoms with E-state index in [0.29, 0.717) is 33.1 Å². The third kappa shape index (κ3) is 4.66. The van der Waals surface area contributed by atoms with Crippen LogP contribution >= 0.6 is 0 Å². The molecule has 0 unspecified atom stereocenters. The quantitative estimate of drug-likeness (QED) is 0.0493. The van der Waals surface area contributed by atoms with Gasteiger partial charge in [-0.3, -0.25) is 0 Å². The van der Waals surface area contributed by atoms with Crippen molar-refractivity contribution in [1.29, 1.82) is 0 Å². The van der Waals surface area contributed by atoms with E-state index in [1.807, 2.05) is 103 Å². The normalized spacial score (nSPS) is 11.9. The molecule has 0 amide bonds. The van der Waals surface area contributed by atoms with Crippen LogP contribution in [0.25, 0.3) is 109 Å². The van der Waals surface area contributed by atoms with E-state index in [1.54, 1.807) is 24.3 Å². The van der Waals surface area contributed by atoms with Crippen LogP contribution in [0.4, 0.5) is 0 Å². The molecular formula is C50H30O9. The Kier molecular flexibility index (Phi) is 6.97. The first kappa shape index (κ1) is 34.0. The van der Waals surface area contributed by atoms with Crippen molar-refractivity contribution >= 4 is 75.8 Å². The second kappa shape index (κ2) is 12.1. The predicted molar refractivity (Wildman–Crippen MR) is 231 cm³/mol. The van der Waals surface area contributed by atoms with E-state index >= 15 is 0 Å². The van der Waals surface area contributed by atoms with E-state index in [1.165, 1.54) is 0 Å². The number of furan rings is 1. The molecule has 1 heterocycles. The zero-order valence-electron chi connectivity index (χ0n) is 30.7. The minimum Gasteiger partial charge on any atom is -0.504 e. The fraction of sp³-hybridized carbons (Fsp3) is 0. The molecule has 0 saturated carbocycles. The fourth-order valence-electron chi connectivity index (χ4n) is 8.92. The third-order valence-corrected chi connectivity index (χ3v) is 11.7. The van der Waals surface area contributed by atoms with Gasteiger partial charge in [-0.05, 0) is 84.9 Å². The average molecular weight is 775 g/mol. The van der Waals surface area contributed by atoms with Crippen LogP contribution < -0.4 is 0 Å². The summed E-state index contributed by atoms with van der Waals surface area (Å²) in [5.41, 5.74) is 3.48. The van der Waals surface area contributed by atoms with Crippen molar-refractivity contribution in [3.05, 3.63) is 133 Å². The van der Waals surface area contributed by atoms with Crippen LogP contribution in [-0.4, -0.2) is 40.9 Å². The molecule has 284 valence electrons. The molecule has 0 bridgehead atoms. The Morgan fingerprint density at radius 2 is 0.746 bits per heavy atom. The van der Waals surface area contributed by atoms with Gasteiger partial charge in [0.05, 0.1) is 0 Å². The van der Waals surface area contributed by atoms with Gasteiger partial charge in [0.25, 0.3) is 0 Å². The SMILES string of the molecule is Oc1c(O)c(O)c2c(-c3ccc(-c4ccc5ccccc5c4)c4ccccc34)c3c(O)c(O)c(O)c(O)c3c(-c3ccc4oc5cc6ccccc6cc5c4c3)c2c1O. The number of benzene rings is 10. The lowest BCUT2D eigenvalue weighted by molar-refractivity contribution is 0.350. The molecule has 10 aromatic carbocycles. The van der Waals surface area contributed by atoms with Crippen molar-refractivity contribution < 1.29 is 45.3 Å². The van der Waals surface area contributed by atoms with Crippen molar-refractivity contribution in [1.82, 2.24) is 0 Å². The van der Waals surface area contributed by atoms with Crippen molar-refractivity contribution in [2.24, 2.45) is 0 Å². The van der Waals surface area contributed by atoms with Crippen LogP contribution in [0.1, 0.15) is 0 Å². The standard InChI is InChI=1S/C50H30O9/c51-43-39-37(28-15-18-35-33(21-28)34-20-25-9-3-4-10-26(25)22-36(34)59-35)40-42(46(54)50(58)48(56)44(40)52)38(41(39)45(53)49(57)47(43)55)32-17-16-29(30-11-5-6-12-31(30)32)27-14-13-23-7-1-2-8-24(23)19-27/h1-22,51-58H. The topological polar surface area (TPSA) is 175 Å². The first-order chi connectivity index (χ1) is 28.6. The van der Waals surface area contributed by atoms with Gasteiger partial charge in [0, 0.05) is 43.4 Å². The van der Waals surface area contributed by atoms with Gasteiger partial charge in [-0.1, -0.05) is 103 Å². The summed E-state index contributed by atoms with van der Waals surface area (Å²) in [5.74, 6) is -7.52. The van der Waals surface area contributed by atoms with Crippen molar-refractivity contribution in [3.63, 3.8) is 0 Å². The van der Waals surface area contributed by atoms with Gasteiger partial charge in [-0.15, -0.1) is 0 Å². The highest BCUT2D eigenvalue weighted by molar-refractivity contribution is 6.31. The summed E-state index contributed by atoms with van der Waals surface area (Å²) in [6.07, 6.45) is 0. The van der Waals surface area contributed by atoms with Gasteiger partial charge in [0.15, 0.2) is 23.0 Å². The molecule has 8 N–H and O–H groups in total. The smallest absolute Gasteiger partial charge is 0.204 e. The fourth-order valence-corrected chi connectivity index (χ4v) is 8.92. The second-order valence-electron chi connectivity index (χ2n) is 14.8. The zero-order valence-corrected chi connectivity index (χ0v) is 30.7. The van der Waals surface area contributed by atoms with E-state index in [4.69, 9.17) is 4.42 Å². The molecule has 59 heavy (non-hydrogen) atoms. The number of hydrogen-bond donors (Lipinski definition) is 8. The average Bonchev–Trinajstić information content (AvgIpc) is 3.62. The molecule has 0 saturated heterocycles. The molecule has 0 atom stereocenters. The van der Waals surface area contributed by atoms with Crippen molar-refractivity contribution in [3.8, 4) is 79.4 Å². The first-order valence-corrected chi connectivity index (χ1v) is 18.7. The summed E-state index contributed by atoms with van der Waals surface area (Å²) in [7, 11) is 0. The Labute approximate surface area is 333 Å². The van der Waals surface area contributed by atoms with E-state index in [2.05, 4.69) is 6.07 Å². The Morgan fingerprint density at radius 3 is 1.36 bits per heavy atom. The number of phenolic OH excluding ortho intramolecular Hbond substituents is 8. The van der Waals surface area contributed by atoms with Crippen LogP contribution in [0.5, 0.6) is 46.0 Å². The van der Waals surface area contributed by atoms with E-state index < -0.39 is 46.0 Å². The van der Waals surface area contributed by atoms with E-state index in [9.17, 15) is 40.9 Å². The lowest BCUT2D eigenvalue weighted by atomic mass is 9.81. The maximum Gasteiger partial charge on any atom is 0.204 e. The highest BCUT2D eigenvalue weighted by atomic mass is 16.4. The summed E-state index contributed by atoms with van der Waals surface area (Å²) in [6.45, 7) is 0. The van der Waals surface area contributed by atoms with Crippen LogP contribution in [-0.2, 0) is 0 Å². The molecule has 1 aromatic heterocycles. The zero-order chi connectivity index (χ0) is 40.4. The van der Waals surface area contributed by atoms with Crippen molar-refractivity contribution in [2.75, 3.05) is 0 Å². The summed E-state index contributed by atoms with van der Waals surface area (Å²) < 4.78 is 6.24. The van der Waals surface area contributed by atoms with Gasteiger partial charge < -0.3 is 45.3 Å². The van der Waals surface area contributed by atoms with Crippen LogP contribution in [0.2, 0.25) is 0 Å². The van der Waals surface area contributed by atoms with Gasteiger partial charge in [0.2, 0.25) is 23.0 Å². The summed E-state index contributed by atoms with van der Waals surface area (Å²) in [4.78, 5) is 0. The molecule has 0 aliphatic rings. The molecule has 0 fully saturated rings. The van der Waals surface area contributed by atoms with Crippen LogP contribution in [0, 0.1) is 0 Å². The van der Waals surface area contributed by atoms with E-state index in [-0.39, 0.29) is 32.7 Å². The lowest BCUT2D eigenvalue weighted by Crippen LogP contribution is -1.95. The summed E-state index contributed by atoms with van der Waals surface area (Å²) in [5, 5.41) is 98.1. The van der Waals surface area contributed by atoms with Gasteiger partial charge >= 0.3 is 0 Å². The Morgan fingerprint density at radius 1 is 0.288 bits per heavy atom. The van der Waals surface area contributed by atoms with Gasteiger partial charge in [-0.2, -0.15) is 0 Å². The molecule has 0 radical (unpaired) electrons. The summed E-state index contributed by atoms with van der Waals surface area (Å²) in [6, 6.07) is 41.9. The molecule has 0 spiro atoms. The highest BCUT2D eigenvalue weighted by Gasteiger charge is 2.33. The maximum atomic E-state index is 11.9. The minimum atomic E-state index is -1.04. The molecule has 0 aliphatic heterocycles. The largest absolute Gasteiger partial charge is 0.504 e. The predicted octanol–water partition coefficient (Wildman–Crippen LogP) is 12.0. The molecule has 0 aliphatic carbocycles. The Balaban J connectivity index is 1.30. The van der Waals surface area contributed by atoms with Gasteiger partial charge in [-0.25, -0.2) is 0 Å². The van der Waals surface area contributed by atoms with Crippen molar-refractivity contribution in [2.45, 2.75) is 0 Å². The molecule has 11 aromatic rings. The van der Waals surface area contributed by atoms with E-state index in [0.717, 1.165) is 43.4 Å². The first-order valence-electron chi connectivity index (χ1n) is 18.7. The number of fused-ring (bicyclic) bond motifs is 8. The molecule has 9 nitrogen and oxygen atoms in total. The minimum absolute atomic E-state index is 0.0208. The lowest BCUT2D eigenvalue weighted by Gasteiger charge is -2.23. The highest BCUT2D eigenvalue weighted by Crippen LogP contribution is 2.62. The van der Waals surface area contributed by atoms with Crippen LogP contribution in [0.3, 0.4) is 0 Å². The Bertz CT molecular complexity index is 3580. The number of hydrogen-bond acceptors (Lipinski definition) is 9.